The van der Waals surface area contributed by atoms with Crippen LogP contribution in [0.4, 0.5) is 14.5 Å². The highest BCUT2D eigenvalue weighted by atomic mass is 79.9. The third-order valence-corrected chi connectivity index (χ3v) is 2.80. The first-order valence-corrected chi connectivity index (χ1v) is 5.74. The Morgan fingerprint density at radius 3 is 2.47 bits per heavy atom. The number of anilines is 1. The summed E-state index contributed by atoms with van der Waals surface area (Å²) in [6.45, 7) is 1.61. The summed E-state index contributed by atoms with van der Waals surface area (Å²) in [5, 5.41) is 2.71. The Bertz CT molecular complexity index is 414. The molecule has 0 heterocycles. The average molecular weight is 307 g/mol. The van der Waals surface area contributed by atoms with Gasteiger partial charge in [0.25, 0.3) is 0 Å². The lowest BCUT2D eigenvalue weighted by Gasteiger charge is -2.20. The van der Waals surface area contributed by atoms with Crippen molar-refractivity contribution in [3.8, 4) is 0 Å². The number of benzene rings is 1. The van der Waals surface area contributed by atoms with Crippen LogP contribution in [0.5, 0.6) is 0 Å². The maximum Gasteiger partial charge on any atom is 0.244 e. The molecular formula is C11H13BrF2N2O. The fourth-order valence-electron chi connectivity index (χ4n) is 1.35. The van der Waals surface area contributed by atoms with Crippen molar-refractivity contribution >= 4 is 27.5 Å². The van der Waals surface area contributed by atoms with Gasteiger partial charge in [0.1, 0.15) is 17.7 Å². The van der Waals surface area contributed by atoms with E-state index in [0.717, 1.165) is 12.1 Å². The number of halogens is 3. The van der Waals surface area contributed by atoms with Gasteiger partial charge in [-0.25, -0.2) is 8.78 Å². The largest absolute Gasteiger partial charge is 0.371 e. The van der Waals surface area contributed by atoms with E-state index < -0.39 is 17.7 Å². The van der Waals surface area contributed by atoms with E-state index in [1.165, 1.54) is 4.90 Å². The van der Waals surface area contributed by atoms with Gasteiger partial charge >= 0.3 is 0 Å². The Morgan fingerprint density at radius 1 is 1.41 bits per heavy atom. The number of nitrogens with one attached hydrogen (secondary N) is 1. The third kappa shape index (κ3) is 3.39. The lowest BCUT2D eigenvalue weighted by Crippen LogP contribution is -2.36. The molecular weight excluding hydrogens is 294 g/mol. The summed E-state index contributed by atoms with van der Waals surface area (Å²) in [6, 6.07) is 1.30. The summed E-state index contributed by atoms with van der Waals surface area (Å²) in [5.41, 5.74) is 0.0779. The molecule has 0 saturated carbocycles. The van der Waals surface area contributed by atoms with Crippen LogP contribution < -0.4 is 5.32 Å². The second-order valence-corrected chi connectivity index (χ2v) is 4.70. The summed E-state index contributed by atoms with van der Waals surface area (Å²) in [4.78, 5) is 13.0. The first kappa shape index (κ1) is 13.9. The molecule has 1 rings (SSSR count). The zero-order chi connectivity index (χ0) is 13.2. The van der Waals surface area contributed by atoms with E-state index >= 15 is 0 Å². The third-order valence-electron chi connectivity index (χ3n) is 2.18. The van der Waals surface area contributed by atoms with Crippen LogP contribution in [0.1, 0.15) is 6.92 Å². The molecule has 0 spiro atoms. The van der Waals surface area contributed by atoms with Gasteiger partial charge in [0.05, 0.1) is 5.69 Å². The van der Waals surface area contributed by atoms with Crippen LogP contribution in [0, 0.1) is 11.6 Å². The van der Waals surface area contributed by atoms with Gasteiger partial charge in [-0.2, -0.15) is 0 Å². The standard InChI is InChI=1S/C11H13BrF2N2O/c1-6(11(17)16(2)3)15-10-8(12)4-7(13)5-9(10)14/h4-6,15H,1-3H3. The maximum atomic E-state index is 13.5. The molecule has 1 amide bonds. The molecule has 1 aromatic rings. The SMILES string of the molecule is CC(Nc1c(F)cc(F)cc1Br)C(=O)N(C)C. The fourth-order valence-corrected chi connectivity index (χ4v) is 1.87. The molecule has 1 aromatic carbocycles. The first-order chi connectivity index (χ1) is 7.82. The molecule has 17 heavy (non-hydrogen) atoms. The molecule has 0 aromatic heterocycles. The predicted octanol–water partition coefficient (Wildman–Crippen LogP) is 2.62. The molecule has 1 atom stereocenters. The van der Waals surface area contributed by atoms with Gasteiger partial charge in [0.15, 0.2) is 0 Å². The number of nitrogens with zero attached hydrogens (tertiary/aromatic N) is 1. The quantitative estimate of drug-likeness (QED) is 0.931. The van der Waals surface area contributed by atoms with Crippen LogP contribution in [0.2, 0.25) is 0 Å². The Morgan fingerprint density at radius 2 is 2.00 bits per heavy atom. The van der Waals surface area contributed by atoms with Crippen molar-refractivity contribution in [1.29, 1.82) is 0 Å². The van der Waals surface area contributed by atoms with Crippen LogP contribution >= 0.6 is 15.9 Å². The van der Waals surface area contributed by atoms with E-state index in [1.54, 1.807) is 21.0 Å². The Kier molecular flexibility index (Phi) is 4.45. The highest BCUT2D eigenvalue weighted by Crippen LogP contribution is 2.27. The molecule has 1 N–H and O–H groups in total. The topological polar surface area (TPSA) is 32.3 Å². The van der Waals surface area contributed by atoms with Gasteiger partial charge in [0, 0.05) is 24.6 Å². The summed E-state index contributed by atoms with van der Waals surface area (Å²) >= 11 is 3.05. The lowest BCUT2D eigenvalue weighted by molar-refractivity contribution is -0.129. The molecule has 0 bridgehead atoms. The van der Waals surface area contributed by atoms with Crippen LogP contribution in [-0.2, 0) is 4.79 Å². The van der Waals surface area contributed by atoms with E-state index in [1.807, 2.05) is 0 Å². The molecule has 0 fully saturated rings. The highest BCUT2D eigenvalue weighted by molar-refractivity contribution is 9.10. The number of carbonyl (C=O) groups excluding carboxylic acids is 1. The summed E-state index contributed by atoms with van der Waals surface area (Å²) < 4.78 is 26.6. The van der Waals surface area contributed by atoms with Crippen LogP contribution in [0.25, 0.3) is 0 Å². The van der Waals surface area contributed by atoms with Crippen molar-refractivity contribution in [2.24, 2.45) is 0 Å². The minimum Gasteiger partial charge on any atom is -0.371 e. The molecule has 1 unspecified atom stereocenters. The van der Waals surface area contributed by atoms with Crippen molar-refractivity contribution in [1.82, 2.24) is 4.90 Å². The second-order valence-electron chi connectivity index (χ2n) is 3.84. The van der Waals surface area contributed by atoms with Crippen LogP contribution in [0.15, 0.2) is 16.6 Å². The van der Waals surface area contributed by atoms with Crippen molar-refractivity contribution < 1.29 is 13.6 Å². The smallest absolute Gasteiger partial charge is 0.244 e. The predicted molar refractivity (Wildman–Crippen MR) is 65.8 cm³/mol. The van der Waals surface area contributed by atoms with Crippen molar-refractivity contribution in [2.45, 2.75) is 13.0 Å². The summed E-state index contributed by atoms with van der Waals surface area (Å²) in [6.07, 6.45) is 0. The monoisotopic (exact) mass is 306 g/mol. The molecule has 0 aliphatic carbocycles. The summed E-state index contributed by atoms with van der Waals surface area (Å²) in [7, 11) is 3.22. The van der Waals surface area contributed by atoms with Gasteiger partial charge in [-0.3, -0.25) is 4.79 Å². The second kappa shape index (κ2) is 5.44. The van der Waals surface area contributed by atoms with E-state index in [2.05, 4.69) is 21.2 Å². The van der Waals surface area contributed by atoms with Crippen molar-refractivity contribution in [2.75, 3.05) is 19.4 Å². The fraction of sp³-hybridized carbons (Fsp3) is 0.364. The van der Waals surface area contributed by atoms with Crippen LogP contribution in [-0.4, -0.2) is 30.9 Å². The number of amides is 1. The maximum absolute atomic E-state index is 13.5. The van der Waals surface area contributed by atoms with E-state index in [-0.39, 0.29) is 16.1 Å². The van der Waals surface area contributed by atoms with E-state index in [0.29, 0.717) is 0 Å². The van der Waals surface area contributed by atoms with Crippen molar-refractivity contribution in [3.05, 3.63) is 28.2 Å². The first-order valence-electron chi connectivity index (χ1n) is 4.95. The Balaban J connectivity index is 2.92. The molecule has 0 radical (unpaired) electrons. The van der Waals surface area contributed by atoms with Gasteiger partial charge in [-0.05, 0) is 28.9 Å². The van der Waals surface area contributed by atoms with E-state index in [4.69, 9.17) is 0 Å². The van der Waals surface area contributed by atoms with Crippen molar-refractivity contribution in [3.63, 3.8) is 0 Å². The van der Waals surface area contributed by atoms with Gasteiger partial charge in [0.2, 0.25) is 5.91 Å². The normalized spacial score (nSPS) is 12.1. The highest BCUT2D eigenvalue weighted by Gasteiger charge is 2.18. The molecule has 3 nitrogen and oxygen atoms in total. The minimum atomic E-state index is -0.740. The van der Waals surface area contributed by atoms with E-state index in [9.17, 15) is 13.6 Å². The number of carbonyl (C=O) groups is 1. The molecule has 6 heteroatoms. The zero-order valence-corrected chi connectivity index (χ0v) is 11.3. The van der Waals surface area contributed by atoms with Gasteiger partial charge < -0.3 is 10.2 Å². The Hall–Kier alpha value is -1.17. The number of hydrogen-bond acceptors (Lipinski definition) is 2. The number of likely N-dealkylation sites (N-methyl/N-ethyl adjacent to an activating group) is 1. The van der Waals surface area contributed by atoms with Gasteiger partial charge in [-0.1, -0.05) is 0 Å². The average Bonchev–Trinajstić information content (AvgIpc) is 2.21. The zero-order valence-electron chi connectivity index (χ0n) is 9.72. The number of hydrogen-bond donors (Lipinski definition) is 1. The molecule has 0 aliphatic heterocycles. The minimum absolute atomic E-state index is 0.0779. The number of rotatable bonds is 3. The lowest BCUT2D eigenvalue weighted by atomic mass is 10.2. The molecule has 0 saturated heterocycles. The Labute approximate surface area is 107 Å². The molecule has 94 valence electrons. The van der Waals surface area contributed by atoms with Crippen LogP contribution in [0.3, 0.4) is 0 Å². The molecule has 0 aliphatic rings. The van der Waals surface area contributed by atoms with Gasteiger partial charge in [-0.15, -0.1) is 0 Å². The summed E-state index contributed by atoms with van der Waals surface area (Å²) in [5.74, 6) is -1.61.